The summed E-state index contributed by atoms with van der Waals surface area (Å²) in [4.78, 5) is 5.89. The Morgan fingerprint density at radius 1 is 0.429 bits per heavy atom. The summed E-state index contributed by atoms with van der Waals surface area (Å²) in [5, 5.41) is 5.38. The minimum absolute atomic E-state index is 1.22. The zero-order valence-electron chi connectivity index (χ0n) is 26.5. The number of unbranched alkanes of at least 4 members (excludes halogenated alkanes) is 10. The van der Waals surface area contributed by atoms with Crippen LogP contribution in [0.4, 0.5) is 0 Å². The average Bonchev–Trinajstić information content (AvgIpc) is 3.65. The topological polar surface area (TPSA) is 0 Å². The summed E-state index contributed by atoms with van der Waals surface area (Å²) < 4.78 is 0. The van der Waals surface area contributed by atoms with Crippen LogP contribution in [-0.2, 0) is 12.8 Å². The molecule has 0 N–H and O–H groups in total. The van der Waals surface area contributed by atoms with Crippen LogP contribution in [0.3, 0.4) is 0 Å². The monoisotopic (exact) mass is 594 g/mol. The van der Waals surface area contributed by atoms with Gasteiger partial charge in [-0.15, -0.1) is 22.7 Å². The number of thiophene rings is 2. The number of hydrogen-bond donors (Lipinski definition) is 0. The van der Waals surface area contributed by atoms with Crippen LogP contribution >= 0.6 is 22.7 Å². The molecule has 0 atom stereocenters. The van der Waals surface area contributed by atoms with Gasteiger partial charge in [-0.3, -0.25) is 0 Å². The molecule has 222 valence electrons. The summed E-state index contributed by atoms with van der Waals surface area (Å²) >= 11 is 3.99. The molecular weight excluding hydrogens is 545 g/mol. The minimum atomic E-state index is 1.22. The quantitative estimate of drug-likeness (QED) is 0.0787. The van der Waals surface area contributed by atoms with E-state index in [-0.39, 0.29) is 0 Å². The lowest BCUT2D eigenvalue weighted by Gasteiger charge is -2.11. The van der Waals surface area contributed by atoms with Crippen molar-refractivity contribution in [3.63, 3.8) is 0 Å². The average molecular weight is 595 g/mol. The molecule has 2 heterocycles. The van der Waals surface area contributed by atoms with Crippen molar-refractivity contribution in [1.29, 1.82) is 0 Å². The van der Waals surface area contributed by atoms with Crippen LogP contribution in [0.2, 0.25) is 0 Å². The Balaban J connectivity index is 1.30. The van der Waals surface area contributed by atoms with Crippen LogP contribution in [0.25, 0.3) is 42.4 Å². The normalized spacial score (nSPS) is 11.7. The molecule has 0 saturated carbocycles. The third kappa shape index (κ3) is 7.94. The van der Waals surface area contributed by atoms with Gasteiger partial charge in [0, 0.05) is 19.5 Å². The number of fused-ring (bicyclic) bond motifs is 2. The molecule has 0 aliphatic rings. The van der Waals surface area contributed by atoms with Crippen molar-refractivity contribution in [3.8, 4) is 20.9 Å². The standard InChI is InChI=1S/C40H50S2/c1-5-7-9-11-13-15-17-35-19-21-39(41-35)37-27-33-25-32-24-30(4)38(28-34(32)26-31(33)23-29(37)3)40-22-20-36(42-40)18-16-14-12-10-8-6-2/h19-28H,5-18H2,1-4H3. The molecule has 0 amide bonds. The van der Waals surface area contributed by atoms with E-state index in [1.807, 2.05) is 22.7 Å². The number of aryl methyl sites for hydroxylation is 4. The largest absolute Gasteiger partial charge is 0.140 e. The second-order valence-corrected chi connectivity index (χ2v) is 14.8. The zero-order chi connectivity index (χ0) is 29.3. The maximum atomic E-state index is 2.43. The minimum Gasteiger partial charge on any atom is -0.140 e. The first kappa shape index (κ1) is 31.0. The summed E-state index contributed by atoms with van der Waals surface area (Å²) in [7, 11) is 0. The fraction of sp³-hybridized carbons (Fsp3) is 0.450. The van der Waals surface area contributed by atoms with E-state index >= 15 is 0 Å². The van der Waals surface area contributed by atoms with Gasteiger partial charge in [-0.2, -0.15) is 0 Å². The van der Waals surface area contributed by atoms with E-state index in [2.05, 4.69) is 88.4 Å². The molecule has 0 saturated heterocycles. The molecule has 0 spiro atoms. The molecule has 0 fully saturated rings. The summed E-state index contributed by atoms with van der Waals surface area (Å²) in [6.07, 6.45) is 18.8. The molecule has 0 radical (unpaired) electrons. The van der Waals surface area contributed by atoms with Gasteiger partial charge in [-0.1, -0.05) is 90.2 Å². The number of rotatable bonds is 16. The maximum absolute atomic E-state index is 2.43. The molecule has 5 aromatic rings. The first-order valence-corrected chi connectivity index (χ1v) is 18.4. The van der Waals surface area contributed by atoms with Gasteiger partial charge in [0.15, 0.2) is 0 Å². The third-order valence-electron chi connectivity index (χ3n) is 8.89. The van der Waals surface area contributed by atoms with Crippen LogP contribution in [0.5, 0.6) is 0 Å². The van der Waals surface area contributed by atoms with Gasteiger partial charge in [0.1, 0.15) is 0 Å². The molecule has 42 heavy (non-hydrogen) atoms. The molecule has 3 aromatic carbocycles. The Hall–Kier alpha value is -2.42. The van der Waals surface area contributed by atoms with Crippen molar-refractivity contribution in [1.82, 2.24) is 0 Å². The molecule has 5 rings (SSSR count). The van der Waals surface area contributed by atoms with Crippen LogP contribution in [0.1, 0.15) is 112 Å². The predicted molar refractivity (Wildman–Crippen MR) is 192 cm³/mol. The molecule has 2 heteroatoms. The molecule has 2 aromatic heterocycles. The zero-order valence-corrected chi connectivity index (χ0v) is 28.1. The highest BCUT2D eigenvalue weighted by Gasteiger charge is 2.12. The molecular formula is C40H50S2. The van der Waals surface area contributed by atoms with Crippen molar-refractivity contribution in [2.75, 3.05) is 0 Å². The van der Waals surface area contributed by atoms with Crippen LogP contribution in [-0.4, -0.2) is 0 Å². The molecule has 0 bridgehead atoms. The van der Waals surface area contributed by atoms with E-state index < -0.39 is 0 Å². The van der Waals surface area contributed by atoms with Crippen molar-refractivity contribution in [3.05, 3.63) is 81.5 Å². The highest BCUT2D eigenvalue weighted by Crippen LogP contribution is 2.38. The van der Waals surface area contributed by atoms with Crippen LogP contribution < -0.4 is 0 Å². The van der Waals surface area contributed by atoms with Gasteiger partial charge in [-0.25, -0.2) is 0 Å². The Morgan fingerprint density at radius 2 is 0.810 bits per heavy atom. The first-order valence-electron chi connectivity index (χ1n) is 16.7. The fourth-order valence-electron chi connectivity index (χ4n) is 6.33. The van der Waals surface area contributed by atoms with Crippen molar-refractivity contribution in [2.24, 2.45) is 0 Å². The SMILES string of the molecule is CCCCCCCCc1ccc(-c2cc3cc4cc(C)c(-c5ccc(CCCCCCCC)s5)cc4cc3cc2C)s1. The van der Waals surface area contributed by atoms with Gasteiger partial charge in [0.05, 0.1) is 0 Å². The van der Waals surface area contributed by atoms with Gasteiger partial charge in [0.25, 0.3) is 0 Å². The predicted octanol–water partition coefficient (Wildman–Crippen LogP) is 13.9. The lowest BCUT2D eigenvalue weighted by atomic mass is 9.95. The molecule has 0 aliphatic carbocycles. The van der Waals surface area contributed by atoms with Crippen molar-refractivity contribution < 1.29 is 0 Å². The van der Waals surface area contributed by atoms with E-state index in [0.717, 1.165) is 0 Å². The van der Waals surface area contributed by atoms with E-state index in [9.17, 15) is 0 Å². The Morgan fingerprint density at radius 3 is 1.24 bits per heavy atom. The first-order chi connectivity index (χ1) is 20.6. The summed E-state index contributed by atoms with van der Waals surface area (Å²) in [5.41, 5.74) is 5.54. The Bertz CT molecular complexity index is 1460. The molecule has 0 aliphatic heterocycles. The van der Waals surface area contributed by atoms with E-state index in [4.69, 9.17) is 0 Å². The second kappa shape index (κ2) is 15.3. The maximum Gasteiger partial charge on any atom is 0.0348 e. The fourth-order valence-corrected chi connectivity index (χ4v) is 8.59. The lowest BCUT2D eigenvalue weighted by Crippen LogP contribution is -1.86. The van der Waals surface area contributed by atoms with Gasteiger partial charge in [0.2, 0.25) is 0 Å². The Kier molecular flexibility index (Phi) is 11.3. The van der Waals surface area contributed by atoms with Gasteiger partial charge >= 0.3 is 0 Å². The van der Waals surface area contributed by atoms with Crippen molar-refractivity contribution in [2.45, 2.75) is 118 Å². The second-order valence-electron chi connectivity index (χ2n) is 12.4. The highest BCUT2D eigenvalue weighted by atomic mass is 32.1. The summed E-state index contributed by atoms with van der Waals surface area (Å²) in [6, 6.07) is 23.9. The Labute approximate surface area is 263 Å². The molecule has 0 nitrogen and oxygen atoms in total. The molecule has 0 unspecified atom stereocenters. The van der Waals surface area contributed by atoms with E-state index in [0.29, 0.717) is 0 Å². The third-order valence-corrected chi connectivity index (χ3v) is 11.2. The smallest absolute Gasteiger partial charge is 0.0348 e. The number of benzene rings is 3. The van der Waals surface area contributed by atoms with Crippen LogP contribution in [0.15, 0.2) is 60.7 Å². The van der Waals surface area contributed by atoms with E-state index in [1.165, 1.54) is 153 Å². The van der Waals surface area contributed by atoms with Gasteiger partial charge in [-0.05, 0) is 132 Å². The summed E-state index contributed by atoms with van der Waals surface area (Å²) in [6.45, 7) is 9.15. The van der Waals surface area contributed by atoms with Gasteiger partial charge < -0.3 is 0 Å². The summed E-state index contributed by atoms with van der Waals surface area (Å²) in [5.74, 6) is 0. The van der Waals surface area contributed by atoms with E-state index in [1.54, 1.807) is 0 Å². The lowest BCUT2D eigenvalue weighted by molar-refractivity contribution is 0.609. The van der Waals surface area contributed by atoms with Crippen LogP contribution in [0, 0.1) is 13.8 Å². The highest BCUT2D eigenvalue weighted by molar-refractivity contribution is 7.15. The van der Waals surface area contributed by atoms with Crippen molar-refractivity contribution >= 4 is 44.2 Å². The number of hydrogen-bond acceptors (Lipinski definition) is 2.